The Morgan fingerprint density at radius 1 is 1.08 bits per heavy atom. The second-order valence-corrected chi connectivity index (χ2v) is 8.86. The largest absolute Gasteiger partial charge is 0.368 e. The lowest BCUT2D eigenvalue weighted by Gasteiger charge is -2.30. The normalized spacial score (nSPS) is 13.1. The van der Waals surface area contributed by atoms with Gasteiger partial charge >= 0.3 is 0 Å². The van der Waals surface area contributed by atoms with Crippen molar-refractivity contribution in [2.24, 2.45) is 11.7 Å². The molecule has 0 heterocycles. The van der Waals surface area contributed by atoms with Crippen LogP contribution in [-0.2, 0) is 21.4 Å². The first-order valence-electron chi connectivity index (χ1n) is 8.32. The predicted molar refractivity (Wildman–Crippen MR) is 103 cm³/mol. The number of hydrogen-bond donors (Lipinski definition) is 1. The number of nitrogens with zero attached hydrogens (tertiary/aromatic N) is 1. The van der Waals surface area contributed by atoms with E-state index < -0.39 is 22.0 Å². The molecule has 0 bridgehead atoms. The standard InChI is InChI=1S/C19H23ClN2O3S/c1-14(2)12-18(19(21)23)22(13-15-6-4-3-5-7-15)26(24,25)17-10-8-16(20)9-11-17/h3-11,14,18H,12-13H2,1-2H3,(H2,21,23)/t18-/m1/s1. The lowest BCUT2D eigenvalue weighted by molar-refractivity contribution is -0.122. The van der Waals surface area contributed by atoms with Crippen LogP contribution in [0.15, 0.2) is 59.5 Å². The molecule has 0 saturated heterocycles. The molecule has 7 heteroatoms. The minimum atomic E-state index is -3.93. The summed E-state index contributed by atoms with van der Waals surface area (Å²) >= 11 is 5.87. The second-order valence-electron chi connectivity index (χ2n) is 6.54. The van der Waals surface area contributed by atoms with Gasteiger partial charge in [0.1, 0.15) is 6.04 Å². The van der Waals surface area contributed by atoms with Crippen molar-refractivity contribution in [1.82, 2.24) is 4.31 Å². The number of hydrogen-bond acceptors (Lipinski definition) is 3. The molecular formula is C19H23ClN2O3S. The Bertz CT molecular complexity index is 837. The van der Waals surface area contributed by atoms with Gasteiger partial charge in [-0.05, 0) is 42.2 Å². The van der Waals surface area contributed by atoms with Crippen LogP contribution in [0.25, 0.3) is 0 Å². The third-order valence-corrected chi connectivity index (χ3v) is 6.09. The van der Waals surface area contributed by atoms with Crippen LogP contribution in [0.4, 0.5) is 0 Å². The highest BCUT2D eigenvalue weighted by Gasteiger charge is 2.35. The lowest BCUT2D eigenvalue weighted by atomic mass is 10.0. The van der Waals surface area contributed by atoms with Gasteiger partial charge in [0, 0.05) is 11.6 Å². The van der Waals surface area contributed by atoms with Crippen LogP contribution in [0.1, 0.15) is 25.8 Å². The third kappa shape index (κ3) is 5.06. The molecule has 26 heavy (non-hydrogen) atoms. The molecule has 2 rings (SSSR count). The topological polar surface area (TPSA) is 80.5 Å². The quantitative estimate of drug-likeness (QED) is 0.744. The van der Waals surface area contributed by atoms with Crippen molar-refractivity contribution in [2.75, 3.05) is 0 Å². The molecule has 0 aliphatic heterocycles. The zero-order chi connectivity index (χ0) is 19.3. The summed E-state index contributed by atoms with van der Waals surface area (Å²) in [6.07, 6.45) is 0.342. The second kappa shape index (κ2) is 8.66. The van der Waals surface area contributed by atoms with Crippen molar-refractivity contribution in [3.63, 3.8) is 0 Å². The van der Waals surface area contributed by atoms with E-state index in [2.05, 4.69) is 0 Å². The third-order valence-electron chi connectivity index (χ3n) is 3.97. The monoisotopic (exact) mass is 394 g/mol. The highest BCUT2D eigenvalue weighted by Crippen LogP contribution is 2.25. The molecule has 0 fully saturated rings. The summed E-state index contributed by atoms with van der Waals surface area (Å²) < 4.78 is 27.7. The van der Waals surface area contributed by atoms with Gasteiger partial charge in [0.2, 0.25) is 15.9 Å². The van der Waals surface area contributed by atoms with Crippen LogP contribution in [0.5, 0.6) is 0 Å². The fourth-order valence-corrected chi connectivity index (χ4v) is 4.41. The average molecular weight is 395 g/mol. The average Bonchev–Trinajstić information content (AvgIpc) is 2.58. The van der Waals surface area contributed by atoms with E-state index in [1.165, 1.54) is 28.6 Å². The maximum atomic E-state index is 13.3. The van der Waals surface area contributed by atoms with Crippen LogP contribution in [0, 0.1) is 5.92 Å². The minimum Gasteiger partial charge on any atom is -0.368 e. The van der Waals surface area contributed by atoms with Gasteiger partial charge < -0.3 is 5.73 Å². The van der Waals surface area contributed by atoms with Gasteiger partial charge in [-0.15, -0.1) is 0 Å². The van der Waals surface area contributed by atoms with Crippen LogP contribution in [0.2, 0.25) is 5.02 Å². The molecule has 0 radical (unpaired) electrons. The molecule has 1 amide bonds. The first-order valence-corrected chi connectivity index (χ1v) is 10.1. The van der Waals surface area contributed by atoms with Crippen LogP contribution < -0.4 is 5.73 Å². The molecular weight excluding hydrogens is 372 g/mol. The molecule has 0 aromatic heterocycles. The van der Waals surface area contributed by atoms with Gasteiger partial charge in [0.25, 0.3) is 0 Å². The number of halogens is 1. The Morgan fingerprint density at radius 3 is 2.15 bits per heavy atom. The van der Waals surface area contributed by atoms with Gasteiger partial charge in [-0.1, -0.05) is 55.8 Å². The Kier molecular flexibility index (Phi) is 6.81. The van der Waals surface area contributed by atoms with Crippen molar-refractivity contribution >= 4 is 27.5 Å². The fraction of sp³-hybridized carbons (Fsp3) is 0.316. The van der Waals surface area contributed by atoms with Crippen LogP contribution in [-0.4, -0.2) is 24.7 Å². The predicted octanol–water partition coefficient (Wildman–Crippen LogP) is 3.43. The van der Waals surface area contributed by atoms with Crippen LogP contribution in [0.3, 0.4) is 0 Å². The van der Waals surface area contributed by atoms with Gasteiger partial charge in [-0.2, -0.15) is 4.31 Å². The van der Waals surface area contributed by atoms with Crippen molar-refractivity contribution in [2.45, 2.75) is 37.8 Å². The summed E-state index contributed by atoms with van der Waals surface area (Å²) in [4.78, 5) is 12.2. The summed E-state index contributed by atoms with van der Waals surface area (Å²) in [5.41, 5.74) is 6.35. The van der Waals surface area contributed by atoms with E-state index in [9.17, 15) is 13.2 Å². The molecule has 0 spiro atoms. The number of benzene rings is 2. The van der Waals surface area contributed by atoms with Gasteiger partial charge in [0.05, 0.1) is 4.90 Å². The highest BCUT2D eigenvalue weighted by molar-refractivity contribution is 7.89. The highest BCUT2D eigenvalue weighted by atomic mass is 35.5. The van der Waals surface area contributed by atoms with E-state index in [0.29, 0.717) is 11.4 Å². The van der Waals surface area contributed by atoms with Crippen molar-refractivity contribution in [3.8, 4) is 0 Å². The van der Waals surface area contributed by atoms with E-state index in [1.807, 2.05) is 44.2 Å². The number of carbonyl (C=O) groups is 1. The number of carbonyl (C=O) groups excluding carboxylic acids is 1. The molecule has 140 valence electrons. The SMILES string of the molecule is CC(C)C[C@H](C(N)=O)N(Cc1ccccc1)S(=O)(=O)c1ccc(Cl)cc1. The van der Waals surface area contributed by atoms with Gasteiger partial charge in [-0.25, -0.2) is 8.42 Å². The Balaban J connectivity index is 2.50. The summed E-state index contributed by atoms with van der Waals surface area (Å²) in [5, 5.41) is 0.437. The van der Waals surface area contributed by atoms with E-state index in [4.69, 9.17) is 17.3 Å². The van der Waals surface area contributed by atoms with Crippen molar-refractivity contribution in [3.05, 3.63) is 65.2 Å². The summed E-state index contributed by atoms with van der Waals surface area (Å²) in [7, 11) is -3.93. The summed E-state index contributed by atoms with van der Waals surface area (Å²) in [5.74, 6) is -0.557. The maximum Gasteiger partial charge on any atom is 0.244 e. The molecule has 0 saturated carbocycles. The van der Waals surface area contributed by atoms with E-state index in [1.54, 1.807) is 0 Å². The zero-order valence-corrected chi connectivity index (χ0v) is 16.4. The zero-order valence-electron chi connectivity index (χ0n) is 14.8. The number of nitrogens with two attached hydrogens (primary N) is 1. The molecule has 0 aliphatic rings. The first kappa shape index (κ1) is 20.4. The lowest BCUT2D eigenvalue weighted by Crippen LogP contribution is -2.48. The molecule has 2 aromatic rings. The molecule has 2 aromatic carbocycles. The molecule has 0 aliphatic carbocycles. The molecule has 5 nitrogen and oxygen atoms in total. The number of rotatable bonds is 8. The Labute approximate surface area is 159 Å². The summed E-state index contributed by atoms with van der Waals surface area (Å²) in [6.45, 7) is 3.91. The van der Waals surface area contributed by atoms with E-state index >= 15 is 0 Å². The van der Waals surface area contributed by atoms with Crippen molar-refractivity contribution in [1.29, 1.82) is 0 Å². The van der Waals surface area contributed by atoms with Crippen molar-refractivity contribution < 1.29 is 13.2 Å². The number of primary amides is 1. The van der Waals surface area contributed by atoms with Gasteiger partial charge in [0.15, 0.2) is 0 Å². The minimum absolute atomic E-state index is 0.0616. The molecule has 2 N–H and O–H groups in total. The summed E-state index contributed by atoms with van der Waals surface area (Å²) in [6, 6.07) is 14.1. The fourth-order valence-electron chi connectivity index (χ4n) is 2.69. The molecule has 1 atom stereocenters. The first-order chi connectivity index (χ1) is 12.2. The van der Waals surface area contributed by atoms with E-state index in [-0.39, 0.29) is 17.4 Å². The maximum absolute atomic E-state index is 13.3. The Hall–Kier alpha value is -1.89. The van der Waals surface area contributed by atoms with Gasteiger partial charge in [-0.3, -0.25) is 4.79 Å². The number of amides is 1. The van der Waals surface area contributed by atoms with E-state index in [0.717, 1.165) is 5.56 Å². The Morgan fingerprint density at radius 2 is 1.65 bits per heavy atom. The number of sulfonamides is 1. The molecule has 0 unspecified atom stereocenters. The smallest absolute Gasteiger partial charge is 0.244 e. The van der Waals surface area contributed by atoms with Crippen LogP contribution >= 0.6 is 11.6 Å².